The molecule has 118 valence electrons. The first-order valence-electron chi connectivity index (χ1n) is 7.92. The number of nitrogens with zero attached hydrogens (tertiary/aromatic N) is 3. The van der Waals surface area contributed by atoms with Gasteiger partial charge < -0.3 is 9.32 Å². The third-order valence-corrected chi connectivity index (χ3v) is 4.61. The van der Waals surface area contributed by atoms with E-state index in [0.29, 0.717) is 5.76 Å². The van der Waals surface area contributed by atoms with Crippen molar-refractivity contribution in [2.75, 3.05) is 6.54 Å². The van der Waals surface area contributed by atoms with Crippen molar-refractivity contribution in [2.24, 2.45) is 7.05 Å². The van der Waals surface area contributed by atoms with Crippen LogP contribution in [0.3, 0.4) is 0 Å². The number of carbonyl (C=O) groups excluding carboxylic acids is 1. The molecule has 0 aliphatic carbocycles. The van der Waals surface area contributed by atoms with Crippen molar-refractivity contribution < 1.29 is 9.21 Å². The molecule has 0 saturated carbocycles. The Morgan fingerprint density at radius 2 is 2.26 bits per heavy atom. The Hall–Kier alpha value is -2.56. The molecule has 1 atom stereocenters. The van der Waals surface area contributed by atoms with Crippen LogP contribution < -0.4 is 0 Å². The molecule has 0 N–H and O–H groups in total. The SMILES string of the molecule is Cc1cccc2oc(C(=O)N3CCCC3c3cnn(C)c3)cc12. The van der Waals surface area contributed by atoms with Crippen LogP contribution in [0.2, 0.25) is 0 Å². The summed E-state index contributed by atoms with van der Waals surface area (Å²) in [5, 5.41) is 5.24. The first-order chi connectivity index (χ1) is 11.1. The highest BCUT2D eigenvalue weighted by molar-refractivity contribution is 5.97. The molecule has 1 aliphatic rings. The lowest BCUT2D eigenvalue weighted by atomic mass is 10.1. The minimum Gasteiger partial charge on any atom is -0.451 e. The molecule has 1 amide bonds. The van der Waals surface area contributed by atoms with Gasteiger partial charge in [0.25, 0.3) is 5.91 Å². The van der Waals surface area contributed by atoms with Crippen LogP contribution in [0.15, 0.2) is 41.1 Å². The zero-order valence-electron chi connectivity index (χ0n) is 13.3. The van der Waals surface area contributed by atoms with Gasteiger partial charge in [-0.15, -0.1) is 0 Å². The van der Waals surface area contributed by atoms with Gasteiger partial charge in [-0.3, -0.25) is 9.48 Å². The van der Waals surface area contributed by atoms with Gasteiger partial charge in [0.2, 0.25) is 0 Å². The van der Waals surface area contributed by atoms with Gasteiger partial charge in [-0.05, 0) is 37.5 Å². The largest absolute Gasteiger partial charge is 0.451 e. The van der Waals surface area contributed by atoms with E-state index < -0.39 is 0 Å². The van der Waals surface area contributed by atoms with Gasteiger partial charge in [-0.2, -0.15) is 5.10 Å². The number of likely N-dealkylation sites (tertiary alicyclic amines) is 1. The Bertz CT molecular complexity index is 877. The molecule has 5 nitrogen and oxygen atoms in total. The van der Waals surface area contributed by atoms with Crippen molar-refractivity contribution in [3.63, 3.8) is 0 Å². The molecule has 0 spiro atoms. The van der Waals surface area contributed by atoms with Gasteiger partial charge in [-0.1, -0.05) is 12.1 Å². The van der Waals surface area contributed by atoms with Crippen LogP contribution >= 0.6 is 0 Å². The van der Waals surface area contributed by atoms with Gasteiger partial charge in [0.05, 0.1) is 12.2 Å². The van der Waals surface area contributed by atoms with Gasteiger partial charge in [0.15, 0.2) is 5.76 Å². The molecule has 5 heteroatoms. The van der Waals surface area contributed by atoms with E-state index in [1.54, 1.807) is 4.68 Å². The number of amides is 1. The van der Waals surface area contributed by atoms with Crippen molar-refractivity contribution in [1.29, 1.82) is 0 Å². The van der Waals surface area contributed by atoms with Crippen LogP contribution in [0.1, 0.15) is 40.6 Å². The summed E-state index contributed by atoms with van der Waals surface area (Å²) in [6, 6.07) is 7.84. The lowest BCUT2D eigenvalue weighted by Crippen LogP contribution is -2.30. The quantitative estimate of drug-likeness (QED) is 0.728. The standard InChI is InChI=1S/C18H19N3O2/c1-12-5-3-7-16-14(12)9-17(23-16)18(22)21-8-4-6-15(21)13-10-19-20(2)11-13/h3,5,7,9-11,15H,4,6,8H2,1-2H3. The number of hydrogen-bond acceptors (Lipinski definition) is 3. The van der Waals surface area contributed by atoms with Crippen LogP contribution in [0.5, 0.6) is 0 Å². The van der Waals surface area contributed by atoms with E-state index in [2.05, 4.69) is 5.10 Å². The highest BCUT2D eigenvalue weighted by Gasteiger charge is 2.33. The molecule has 0 bridgehead atoms. The van der Waals surface area contributed by atoms with Gasteiger partial charge in [-0.25, -0.2) is 0 Å². The Morgan fingerprint density at radius 3 is 3.00 bits per heavy atom. The average molecular weight is 309 g/mol. The van der Waals surface area contributed by atoms with E-state index in [1.807, 2.05) is 55.5 Å². The van der Waals surface area contributed by atoms with Crippen LogP contribution in [0.4, 0.5) is 0 Å². The van der Waals surface area contributed by atoms with Gasteiger partial charge in [0, 0.05) is 30.7 Å². The topological polar surface area (TPSA) is 51.3 Å². The second-order valence-corrected chi connectivity index (χ2v) is 6.20. The van der Waals surface area contributed by atoms with Crippen LogP contribution in [-0.2, 0) is 7.05 Å². The minimum absolute atomic E-state index is 0.0352. The van der Waals surface area contributed by atoms with E-state index in [4.69, 9.17) is 4.42 Å². The number of aromatic nitrogens is 2. The fourth-order valence-electron chi connectivity index (χ4n) is 3.42. The molecular formula is C18H19N3O2. The predicted octanol–water partition coefficient (Wildman–Crippen LogP) is 3.45. The molecule has 3 heterocycles. The summed E-state index contributed by atoms with van der Waals surface area (Å²) in [7, 11) is 1.90. The highest BCUT2D eigenvalue weighted by atomic mass is 16.3. The number of rotatable bonds is 2. The van der Waals surface area contributed by atoms with Crippen LogP contribution in [0.25, 0.3) is 11.0 Å². The second-order valence-electron chi connectivity index (χ2n) is 6.20. The van der Waals surface area contributed by atoms with Crippen molar-refractivity contribution in [1.82, 2.24) is 14.7 Å². The summed E-state index contributed by atoms with van der Waals surface area (Å²) in [6.45, 7) is 2.79. The summed E-state index contributed by atoms with van der Waals surface area (Å²) in [6.07, 6.45) is 5.80. The summed E-state index contributed by atoms with van der Waals surface area (Å²) in [4.78, 5) is 14.8. The first kappa shape index (κ1) is 14.1. The summed E-state index contributed by atoms with van der Waals surface area (Å²) >= 11 is 0. The molecule has 23 heavy (non-hydrogen) atoms. The lowest BCUT2D eigenvalue weighted by molar-refractivity contribution is 0.0705. The first-order valence-corrected chi connectivity index (χ1v) is 7.92. The maximum Gasteiger partial charge on any atom is 0.290 e. The number of hydrogen-bond donors (Lipinski definition) is 0. The summed E-state index contributed by atoms with van der Waals surface area (Å²) in [5.41, 5.74) is 2.98. The summed E-state index contributed by atoms with van der Waals surface area (Å²) < 4.78 is 7.58. The minimum atomic E-state index is -0.0352. The van der Waals surface area contributed by atoms with Crippen LogP contribution in [-0.4, -0.2) is 27.1 Å². The normalized spacial score (nSPS) is 18.0. The molecular weight excluding hydrogens is 290 g/mol. The average Bonchev–Trinajstić information content (AvgIpc) is 3.24. The summed E-state index contributed by atoms with van der Waals surface area (Å²) in [5.74, 6) is 0.386. The van der Waals surface area contributed by atoms with E-state index >= 15 is 0 Å². The molecule has 1 unspecified atom stereocenters. The Morgan fingerprint density at radius 1 is 1.39 bits per heavy atom. The van der Waals surface area contributed by atoms with Crippen molar-refractivity contribution in [2.45, 2.75) is 25.8 Å². The fraction of sp³-hybridized carbons (Fsp3) is 0.333. The van der Waals surface area contributed by atoms with Crippen molar-refractivity contribution in [3.8, 4) is 0 Å². The van der Waals surface area contributed by atoms with Gasteiger partial charge in [0.1, 0.15) is 5.58 Å². The number of carbonyl (C=O) groups is 1. The number of aryl methyl sites for hydroxylation is 2. The molecule has 4 rings (SSSR count). The van der Waals surface area contributed by atoms with Crippen molar-refractivity contribution >= 4 is 16.9 Å². The zero-order chi connectivity index (χ0) is 16.0. The maximum atomic E-state index is 12.9. The predicted molar refractivity (Wildman–Crippen MR) is 87.2 cm³/mol. The molecule has 1 aromatic carbocycles. The van der Waals surface area contributed by atoms with E-state index in [0.717, 1.165) is 41.5 Å². The van der Waals surface area contributed by atoms with Gasteiger partial charge >= 0.3 is 0 Å². The third-order valence-electron chi connectivity index (χ3n) is 4.61. The van der Waals surface area contributed by atoms with E-state index in [-0.39, 0.29) is 11.9 Å². The molecule has 0 radical (unpaired) electrons. The Labute approximate surface area is 134 Å². The van der Waals surface area contributed by atoms with Crippen LogP contribution in [0, 0.1) is 6.92 Å². The maximum absolute atomic E-state index is 12.9. The monoisotopic (exact) mass is 309 g/mol. The molecule has 1 saturated heterocycles. The molecule has 1 fully saturated rings. The fourth-order valence-corrected chi connectivity index (χ4v) is 3.42. The van der Waals surface area contributed by atoms with E-state index in [1.165, 1.54) is 0 Å². The molecule has 2 aromatic heterocycles. The smallest absolute Gasteiger partial charge is 0.290 e. The van der Waals surface area contributed by atoms with E-state index in [9.17, 15) is 4.79 Å². The highest BCUT2D eigenvalue weighted by Crippen LogP contribution is 2.34. The lowest BCUT2D eigenvalue weighted by Gasteiger charge is -2.22. The number of fused-ring (bicyclic) bond motifs is 1. The molecule has 1 aliphatic heterocycles. The zero-order valence-corrected chi connectivity index (χ0v) is 13.3. The number of benzene rings is 1. The Kier molecular flexibility index (Phi) is 3.22. The number of furan rings is 1. The Balaban J connectivity index is 1.68. The van der Waals surface area contributed by atoms with Crippen molar-refractivity contribution in [3.05, 3.63) is 53.5 Å². The molecule has 3 aromatic rings. The second kappa shape index (κ2) is 5.26. The third kappa shape index (κ3) is 2.32.